The third kappa shape index (κ3) is 10.5. The van der Waals surface area contributed by atoms with E-state index in [1.54, 1.807) is 18.2 Å². The smallest absolute Gasteiger partial charge is 0.251 e. The number of amides is 1. The molecule has 2 rings (SSSR count). The predicted molar refractivity (Wildman–Crippen MR) is 133 cm³/mol. The number of nitrogens with one attached hydrogen (secondary N) is 3. The lowest BCUT2D eigenvalue weighted by Gasteiger charge is -2.12. The van der Waals surface area contributed by atoms with Crippen LogP contribution in [0.1, 0.15) is 30.1 Å². The van der Waals surface area contributed by atoms with Crippen molar-refractivity contribution in [2.45, 2.75) is 19.8 Å². The molecule has 1 amide bonds. The number of carbonyl (C=O) groups excluding carboxylic acids is 1. The second-order valence-electron chi connectivity index (χ2n) is 6.73. The summed E-state index contributed by atoms with van der Waals surface area (Å²) in [4.78, 5) is 16.7. The maximum atomic E-state index is 12.1. The summed E-state index contributed by atoms with van der Waals surface area (Å²) in [6.45, 7) is 7.58. The number of hydrogen-bond acceptors (Lipinski definition) is 4. The molecule has 0 spiro atoms. The van der Waals surface area contributed by atoms with Crippen molar-refractivity contribution in [2.75, 3.05) is 52.6 Å². The van der Waals surface area contributed by atoms with Gasteiger partial charge in [0, 0.05) is 50.9 Å². The lowest BCUT2D eigenvalue weighted by molar-refractivity contribution is 0.0893. The lowest BCUT2D eigenvalue weighted by atomic mass is 10.1. The van der Waals surface area contributed by atoms with Crippen LogP contribution in [0.3, 0.4) is 0 Å². The van der Waals surface area contributed by atoms with Crippen LogP contribution in [-0.4, -0.2) is 64.5 Å². The van der Waals surface area contributed by atoms with Gasteiger partial charge in [-0.2, -0.15) is 0 Å². The molecule has 1 atom stereocenters. The Hall–Kier alpha value is -0.810. The van der Waals surface area contributed by atoms with Crippen LogP contribution in [0.25, 0.3) is 0 Å². The molecule has 3 N–H and O–H groups in total. The van der Waals surface area contributed by atoms with E-state index in [0.717, 1.165) is 45.2 Å². The van der Waals surface area contributed by atoms with Crippen molar-refractivity contribution in [3.63, 3.8) is 0 Å². The standard InChI is InChI=1S/C20H30Cl2N4O3.HI/c1-2-23-20(25-7-3-10-28-13-15-6-11-29-14-15)26-9-8-24-19(27)16-4-5-17(21)18(22)12-16;/h4-5,12,15H,2-3,6-11,13-14H2,1H3,(H,24,27)(H2,23,25,26);1H. The molecule has 1 aliphatic heterocycles. The van der Waals surface area contributed by atoms with Crippen molar-refractivity contribution in [3.05, 3.63) is 33.8 Å². The highest BCUT2D eigenvalue weighted by atomic mass is 127. The van der Waals surface area contributed by atoms with E-state index in [4.69, 9.17) is 32.7 Å². The molecular formula is C20H31Cl2IN4O3. The molecule has 1 aromatic rings. The average molecular weight is 573 g/mol. The number of benzene rings is 1. The van der Waals surface area contributed by atoms with Gasteiger partial charge in [-0.15, -0.1) is 24.0 Å². The predicted octanol–water partition coefficient (Wildman–Crippen LogP) is 3.34. The summed E-state index contributed by atoms with van der Waals surface area (Å²) in [5.74, 6) is 1.06. The van der Waals surface area contributed by atoms with E-state index in [1.165, 1.54) is 0 Å². The van der Waals surface area contributed by atoms with Crippen LogP contribution in [0.4, 0.5) is 0 Å². The van der Waals surface area contributed by atoms with Gasteiger partial charge in [-0.05, 0) is 38.0 Å². The number of hydrogen-bond donors (Lipinski definition) is 3. The van der Waals surface area contributed by atoms with Crippen molar-refractivity contribution in [1.29, 1.82) is 0 Å². The maximum Gasteiger partial charge on any atom is 0.251 e. The molecule has 170 valence electrons. The van der Waals surface area contributed by atoms with Gasteiger partial charge in [0.2, 0.25) is 0 Å². The molecule has 1 aromatic carbocycles. The maximum absolute atomic E-state index is 12.1. The number of rotatable bonds is 11. The molecule has 7 nitrogen and oxygen atoms in total. The van der Waals surface area contributed by atoms with Crippen LogP contribution in [0.15, 0.2) is 23.2 Å². The van der Waals surface area contributed by atoms with Gasteiger partial charge in [-0.25, -0.2) is 0 Å². The molecule has 1 aliphatic rings. The van der Waals surface area contributed by atoms with Crippen molar-refractivity contribution >= 4 is 59.0 Å². The Morgan fingerprint density at radius 3 is 2.73 bits per heavy atom. The first-order chi connectivity index (χ1) is 14.1. The van der Waals surface area contributed by atoms with Crippen LogP contribution < -0.4 is 16.0 Å². The molecule has 0 radical (unpaired) electrons. The molecule has 0 aliphatic carbocycles. The number of nitrogens with zero attached hydrogens (tertiary/aromatic N) is 1. The first-order valence-corrected chi connectivity index (χ1v) is 10.8. The van der Waals surface area contributed by atoms with Crippen LogP contribution in [0.2, 0.25) is 10.0 Å². The Labute approximate surface area is 205 Å². The quantitative estimate of drug-likeness (QED) is 0.164. The van der Waals surface area contributed by atoms with Gasteiger partial charge >= 0.3 is 0 Å². The van der Waals surface area contributed by atoms with E-state index in [2.05, 4.69) is 20.9 Å². The lowest BCUT2D eigenvalue weighted by Crippen LogP contribution is -2.41. The van der Waals surface area contributed by atoms with Crippen LogP contribution in [0.5, 0.6) is 0 Å². The average Bonchev–Trinajstić information content (AvgIpc) is 3.23. The highest BCUT2D eigenvalue weighted by molar-refractivity contribution is 14.0. The summed E-state index contributed by atoms with van der Waals surface area (Å²) in [7, 11) is 0. The topological polar surface area (TPSA) is 84.0 Å². The first-order valence-electron chi connectivity index (χ1n) is 10.0. The zero-order valence-corrected chi connectivity index (χ0v) is 21.1. The van der Waals surface area contributed by atoms with Crippen LogP contribution in [0, 0.1) is 5.92 Å². The van der Waals surface area contributed by atoms with Gasteiger partial charge in [-0.1, -0.05) is 23.2 Å². The Bertz CT molecular complexity index is 673. The highest BCUT2D eigenvalue weighted by Crippen LogP contribution is 2.22. The van der Waals surface area contributed by atoms with E-state index in [-0.39, 0.29) is 29.9 Å². The molecule has 0 bridgehead atoms. The van der Waals surface area contributed by atoms with E-state index < -0.39 is 0 Å². The highest BCUT2D eigenvalue weighted by Gasteiger charge is 2.15. The summed E-state index contributed by atoms with van der Waals surface area (Å²) >= 11 is 11.8. The Morgan fingerprint density at radius 2 is 2.03 bits per heavy atom. The van der Waals surface area contributed by atoms with Crippen LogP contribution in [-0.2, 0) is 9.47 Å². The minimum Gasteiger partial charge on any atom is -0.381 e. The molecule has 1 saturated heterocycles. The summed E-state index contributed by atoms with van der Waals surface area (Å²) in [5.41, 5.74) is 0.476. The number of aliphatic imine (C=N–C) groups is 1. The van der Waals surface area contributed by atoms with Gasteiger partial charge in [-0.3, -0.25) is 9.79 Å². The minimum absolute atomic E-state index is 0. The summed E-state index contributed by atoms with van der Waals surface area (Å²) in [6.07, 6.45) is 1.95. The number of carbonyl (C=O) groups is 1. The molecule has 0 aromatic heterocycles. The van der Waals surface area contributed by atoms with Crippen molar-refractivity contribution in [3.8, 4) is 0 Å². The van der Waals surface area contributed by atoms with Gasteiger partial charge in [0.15, 0.2) is 5.96 Å². The van der Waals surface area contributed by atoms with Crippen molar-refractivity contribution < 1.29 is 14.3 Å². The summed E-state index contributed by atoms with van der Waals surface area (Å²) < 4.78 is 11.0. The first kappa shape index (κ1) is 27.2. The van der Waals surface area contributed by atoms with E-state index in [0.29, 0.717) is 47.8 Å². The number of halogens is 3. The minimum atomic E-state index is -0.197. The van der Waals surface area contributed by atoms with Gasteiger partial charge in [0.25, 0.3) is 5.91 Å². The monoisotopic (exact) mass is 572 g/mol. The molecule has 10 heteroatoms. The van der Waals surface area contributed by atoms with Crippen molar-refractivity contribution in [1.82, 2.24) is 16.0 Å². The largest absolute Gasteiger partial charge is 0.381 e. The van der Waals surface area contributed by atoms with E-state index in [1.807, 2.05) is 6.92 Å². The van der Waals surface area contributed by atoms with E-state index >= 15 is 0 Å². The Morgan fingerprint density at radius 1 is 1.23 bits per heavy atom. The van der Waals surface area contributed by atoms with Crippen molar-refractivity contribution in [2.24, 2.45) is 10.9 Å². The summed E-state index contributed by atoms with van der Waals surface area (Å²) in [5, 5.41) is 10.0. The van der Waals surface area contributed by atoms with Gasteiger partial charge in [0.1, 0.15) is 0 Å². The molecule has 0 saturated carbocycles. The fourth-order valence-electron chi connectivity index (χ4n) is 2.76. The third-order valence-electron chi connectivity index (χ3n) is 4.32. The molecular weight excluding hydrogens is 542 g/mol. The zero-order chi connectivity index (χ0) is 20.9. The SMILES string of the molecule is CCNC(=NCCCOCC1CCOC1)NCCNC(=O)c1ccc(Cl)c(Cl)c1.I. The van der Waals surface area contributed by atoms with Gasteiger partial charge < -0.3 is 25.4 Å². The normalized spacial score (nSPS) is 16.1. The van der Waals surface area contributed by atoms with E-state index in [9.17, 15) is 4.79 Å². The second kappa shape index (κ2) is 15.9. The number of guanidine groups is 1. The van der Waals surface area contributed by atoms with Gasteiger partial charge in [0.05, 0.1) is 23.3 Å². The second-order valence-corrected chi connectivity index (χ2v) is 7.54. The molecule has 1 heterocycles. The fourth-order valence-corrected chi connectivity index (χ4v) is 3.06. The molecule has 1 unspecified atom stereocenters. The Balaban J connectivity index is 0.00000450. The third-order valence-corrected chi connectivity index (χ3v) is 5.06. The van der Waals surface area contributed by atoms with Crippen LogP contribution >= 0.6 is 47.2 Å². The molecule has 30 heavy (non-hydrogen) atoms. The molecule has 1 fully saturated rings. The number of ether oxygens (including phenoxy) is 2. The zero-order valence-electron chi connectivity index (χ0n) is 17.2. The fraction of sp³-hybridized carbons (Fsp3) is 0.600. The Kier molecular flexibility index (Phi) is 14.4. The summed E-state index contributed by atoms with van der Waals surface area (Å²) in [6, 6.07) is 4.81.